The Bertz CT molecular complexity index is 536. The first-order chi connectivity index (χ1) is 8.22. The number of anilines is 1. The van der Waals surface area contributed by atoms with Crippen LogP contribution in [0.2, 0.25) is 0 Å². The van der Waals surface area contributed by atoms with E-state index < -0.39 is 4.92 Å². The van der Waals surface area contributed by atoms with Crippen LogP contribution in [0.4, 0.5) is 11.6 Å². The number of non-ortho nitro benzene ring substituents is 1. The zero-order valence-electron chi connectivity index (χ0n) is 9.36. The van der Waals surface area contributed by atoms with Gasteiger partial charge in [-0.3, -0.25) is 10.1 Å². The number of H-pyrrole nitrogens is 1. The quantitative estimate of drug-likeness (QED) is 0.409. The smallest absolute Gasteiger partial charge is 0.297 e. The fraction of sp³-hybridized carbons (Fsp3) is 0.300. The van der Waals surface area contributed by atoms with Crippen molar-refractivity contribution >= 4 is 22.7 Å². The molecule has 0 aliphatic carbocycles. The van der Waals surface area contributed by atoms with E-state index in [1.807, 2.05) is 7.05 Å². The Kier molecular flexibility index (Phi) is 3.20. The first-order valence-corrected chi connectivity index (χ1v) is 5.24. The van der Waals surface area contributed by atoms with Crippen LogP contribution in [-0.4, -0.2) is 35.0 Å². The summed E-state index contributed by atoms with van der Waals surface area (Å²) in [5.74, 6) is 0.546. The number of nitrogens with zero attached hydrogens (tertiary/aromatic N) is 2. The van der Waals surface area contributed by atoms with Crippen LogP contribution in [0.5, 0.6) is 0 Å². The third-order valence-electron chi connectivity index (χ3n) is 2.36. The van der Waals surface area contributed by atoms with Crippen molar-refractivity contribution < 1.29 is 4.92 Å². The van der Waals surface area contributed by atoms with Crippen LogP contribution in [0.3, 0.4) is 0 Å². The number of hydrogen-bond donors (Lipinski definition) is 3. The predicted octanol–water partition coefficient (Wildman–Crippen LogP) is 1.10. The number of aromatic amines is 1. The van der Waals surface area contributed by atoms with E-state index in [0.717, 1.165) is 6.54 Å². The molecule has 2 aromatic rings. The summed E-state index contributed by atoms with van der Waals surface area (Å²) < 4.78 is 0. The van der Waals surface area contributed by atoms with Crippen molar-refractivity contribution in [2.45, 2.75) is 0 Å². The molecule has 0 amide bonds. The first-order valence-electron chi connectivity index (χ1n) is 5.24. The van der Waals surface area contributed by atoms with Gasteiger partial charge in [0.05, 0.1) is 10.4 Å². The van der Waals surface area contributed by atoms with Crippen molar-refractivity contribution in [3.05, 3.63) is 28.3 Å². The number of benzene rings is 1. The average Bonchev–Trinajstić information content (AvgIpc) is 2.71. The van der Waals surface area contributed by atoms with Crippen LogP contribution < -0.4 is 10.6 Å². The zero-order chi connectivity index (χ0) is 12.3. The molecule has 0 bridgehead atoms. The van der Waals surface area contributed by atoms with E-state index in [-0.39, 0.29) is 5.69 Å². The zero-order valence-corrected chi connectivity index (χ0v) is 9.36. The topological polar surface area (TPSA) is 95.9 Å². The largest absolute Gasteiger partial charge is 0.355 e. The Hall–Kier alpha value is -2.15. The molecule has 0 aliphatic heterocycles. The molecule has 7 heteroatoms. The van der Waals surface area contributed by atoms with Gasteiger partial charge in [0.1, 0.15) is 0 Å². The maximum atomic E-state index is 10.8. The maximum absolute atomic E-state index is 10.8. The highest BCUT2D eigenvalue weighted by Crippen LogP contribution is 2.24. The van der Waals surface area contributed by atoms with E-state index in [0.29, 0.717) is 23.5 Å². The lowest BCUT2D eigenvalue weighted by atomic mass is 10.3. The number of hydrogen-bond acceptors (Lipinski definition) is 5. The van der Waals surface area contributed by atoms with Crippen LogP contribution in [0.1, 0.15) is 0 Å². The lowest BCUT2D eigenvalue weighted by molar-refractivity contribution is -0.383. The van der Waals surface area contributed by atoms with E-state index in [4.69, 9.17) is 0 Å². The molecule has 3 N–H and O–H groups in total. The van der Waals surface area contributed by atoms with Gasteiger partial charge in [-0.2, -0.15) is 0 Å². The van der Waals surface area contributed by atoms with Crippen LogP contribution in [0, 0.1) is 10.1 Å². The minimum Gasteiger partial charge on any atom is -0.355 e. The Morgan fingerprint density at radius 2 is 2.29 bits per heavy atom. The SMILES string of the molecule is CNCCNc1nc2c([N+](=O)[O-])cccc2[nH]1. The van der Waals surface area contributed by atoms with Crippen molar-refractivity contribution in [2.75, 3.05) is 25.5 Å². The molecule has 1 aromatic carbocycles. The van der Waals surface area contributed by atoms with Crippen molar-refractivity contribution in [3.63, 3.8) is 0 Å². The molecule has 0 spiro atoms. The van der Waals surface area contributed by atoms with Gasteiger partial charge in [0.2, 0.25) is 5.95 Å². The van der Waals surface area contributed by atoms with E-state index in [2.05, 4.69) is 20.6 Å². The molecule has 0 fully saturated rings. The lowest BCUT2D eigenvalue weighted by Gasteiger charge is -1.99. The van der Waals surface area contributed by atoms with E-state index >= 15 is 0 Å². The number of nitro benzene ring substituents is 1. The molecule has 0 unspecified atom stereocenters. The molecule has 0 saturated carbocycles. The van der Waals surface area contributed by atoms with E-state index in [9.17, 15) is 10.1 Å². The first kappa shape index (κ1) is 11.3. The number of rotatable bonds is 5. The summed E-state index contributed by atoms with van der Waals surface area (Å²) in [7, 11) is 1.85. The molecule has 0 radical (unpaired) electrons. The summed E-state index contributed by atoms with van der Waals surface area (Å²) in [6.45, 7) is 1.49. The number of para-hydroxylation sites is 1. The summed E-state index contributed by atoms with van der Waals surface area (Å²) >= 11 is 0. The van der Waals surface area contributed by atoms with Gasteiger partial charge in [0, 0.05) is 19.2 Å². The fourth-order valence-electron chi connectivity index (χ4n) is 1.55. The molecular weight excluding hydrogens is 222 g/mol. The van der Waals surface area contributed by atoms with E-state index in [1.54, 1.807) is 12.1 Å². The second-order valence-corrected chi connectivity index (χ2v) is 3.55. The molecule has 0 atom stereocenters. The summed E-state index contributed by atoms with van der Waals surface area (Å²) in [5, 5.41) is 16.8. The highest BCUT2D eigenvalue weighted by molar-refractivity contribution is 5.86. The molecule has 0 aliphatic rings. The molecule has 7 nitrogen and oxygen atoms in total. The van der Waals surface area contributed by atoms with Gasteiger partial charge in [0.25, 0.3) is 5.69 Å². The second-order valence-electron chi connectivity index (χ2n) is 3.55. The van der Waals surface area contributed by atoms with Crippen LogP contribution >= 0.6 is 0 Å². The Balaban J connectivity index is 2.30. The monoisotopic (exact) mass is 235 g/mol. The van der Waals surface area contributed by atoms with Gasteiger partial charge in [0.15, 0.2) is 5.52 Å². The third kappa shape index (κ3) is 2.34. The van der Waals surface area contributed by atoms with Crippen molar-refractivity contribution in [1.82, 2.24) is 15.3 Å². The van der Waals surface area contributed by atoms with Crippen molar-refractivity contribution in [2.24, 2.45) is 0 Å². The second kappa shape index (κ2) is 4.79. The van der Waals surface area contributed by atoms with Crippen molar-refractivity contribution in [1.29, 1.82) is 0 Å². The molecule has 0 saturated heterocycles. The number of fused-ring (bicyclic) bond motifs is 1. The predicted molar refractivity (Wildman–Crippen MR) is 65.2 cm³/mol. The van der Waals surface area contributed by atoms with Crippen LogP contribution in [-0.2, 0) is 0 Å². The number of nitrogens with one attached hydrogen (secondary N) is 3. The Labute approximate surface area is 97.4 Å². The van der Waals surface area contributed by atoms with Gasteiger partial charge in [-0.05, 0) is 13.1 Å². The van der Waals surface area contributed by atoms with Gasteiger partial charge in [-0.1, -0.05) is 6.07 Å². The number of likely N-dealkylation sites (N-methyl/N-ethyl adjacent to an activating group) is 1. The normalized spacial score (nSPS) is 10.6. The summed E-state index contributed by atoms with van der Waals surface area (Å²) in [5.41, 5.74) is 1.05. The Morgan fingerprint density at radius 3 is 3.00 bits per heavy atom. The highest BCUT2D eigenvalue weighted by Gasteiger charge is 2.14. The summed E-state index contributed by atoms with van der Waals surface area (Å²) in [4.78, 5) is 17.5. The molecule has 17 heavy (non-hydrogen) atoms. The number of imidazole rings is 1. The summed E-state index contributed by atoms with van der Waals surface area (Å²) in [6.07, 6.45) is 0. The molecule has 2 rings (SSSR count). The van der Waals surface area contributed by atoms with Crippen LogP contribution in [0.15, 0.2) is 18.2 Å². The standard InChI is InChI=1S/C10H13N5O2/c1-11-5-6-12-10-13-7-3-2-4-8(15(16)17)9(7)14-10/h2-4,11H,5-6H2,1H3,(H2,12,13,14). The van der Waals surface area contributed by atoms with Crippen molar-refractivity contribution in [3.8, 4) is 0 Å². The van der Waals surface area contributed by atoms with E-state index in [1.165, 1.54) is 6.07 Å². The van der Waals surface area contributed by atoms with Gasteiger partial charge in [-0.15, -0.1) is 0 Å². The lowest BCUT2D eigenvalue weighted by Crippen LogP contribution is -2.18. The van der Waals surface area contributed by atoms with Crippen LogP contribution in [0.25, 0.3) is 11.0 Å². The maximum Gasteiger partial charge on any atom is 0.297 e. The summed E-state index contributed by atoms with van der Waals surface area (Å²) in [6, 6.07) is 4.84. The average molecular weight is 235 g/mol. The highest BCUT2D eigenvalue weighted by atomic mass is 16.6. The Morgan fingerprint density at radius 1 is 1.47 bits per heavy atom. The minimum absolute atomic E-state index is 0.0143. The van der Waals surface area contributed by atoms with Gasteiger partial charge in [-0.25, -0.2) is 4.98 Å². The number of nitro groups is 1. The van der Waals surface area contributed by atoms with Gasteiger partial charge >= 0.3 is 0 Å². The molecule has 90 valence electrons. The molecular formula is C10H13N5O2. The van der Waals surface area contributed by atoms with Gasteiger partial charge < -0.3 is 15.6 Å². The molecule has 1 aromatic heterocycles. The third-order valence-corrected chi connectivity index (χ3v) is 2.36. The fourth-order valence-corrected chi connectivity index (χ4v) is 1.55. The number of aromatic nitrogens is 2. The minimum atomic E-state index is -0.430. The molecule has 1 heterocycles.